The van der Waals surface area contributed by atoms with Crippen molar-refractivity contribution in [3.63, 3.8) is 0 Å². The Morgan fingerprint density at radius 1 is 1.08 bits per heavy atom. The van der Waals surface area contributed by atoms with Crippen molar-refractivity contribution in [3.05, 3.63) is 71.3 Å². The zero-order valence-electron chi connectivity index (χ0n) is 12.9. The molecular formula is C17H10F5N3O. The van der Waals surface area contributed by atoms with E-state index in [-0.39, 0.29) is 22.4 Å². The number of halogens is 5. The molecule has 0 radical (unpaired) electrons. The number of H-pyrrole nitrogens is 1. The Balaban J connectivity index is 1.98. The van der Waals surface area contributed by atoms with Crippen LogP contribution < -0.4 is 5.32 Å². The molecule has 0 aliphatic carbocycles. The van der Waals surface area contributed by atoms with Crippen LogP contribution in [0.1, 0.15) is 22.5 Å². The van der Waals surface area contributed by atoms with Gasteiger partial charge in [0.2, 0.25) is 0 Å². The zero-order valence-corrected chi connectivity index (χ0v) is 12.9. The SMILES string of the molecule is O=C(Nc1ccccc1-c1cc(F)c(F)c(F)c1)c1c[nH]nc1C(F)F. The number of aromatic nitrogens is 2. The van der Waals surface area contributed by atoms with Gasteiger partial charge in [-0.3, -0.25) is 9.89 Å². The smallest absolute Gasteiger partial charge is 0.282 e. The lowest BCUT2D eigenvalue weighted by Crippen LogP contribution is -2.14. The Morgan fingerprint density at radius 2 is 1.73 bits per heavy atom. The second-order valence-electron chi connectivity index (χ2n) is 5.24. The molecule has 0 saturated heterocycles. The lowest BCUT2D eigenvalue weighted by molar-refractivity contribution is 0.101. The van der Waals surface area contributed by atoms with Gasteiger partial charge in [-0.2, -0.15) is 5.10 Å². The molecule has 9 heteroatoms. The van der Waals surface area contributed by atoms with E-state index in [0.29, 0.717) is 0 Å². The molecule has 0 spiro atoms. The number of nitrogens with one attached hydrogen (secondary N) is 2. The number of nitrogens with zero attached hydrogens (tertiary/aromatic N) is 1. The highest BCUT2D eigenvalue weighted by atomic mass is 19.3. The van der Waals surface area contributed by atoms with E-state index in [1.165, 1.54) is 24.3 Å². The van der Waals surface area contributed by atoms with Gasteiger partial charge in [-0.1, -0.05) is 18.2 Å². The number of alkyl halides is 2. The maximum atomic E-state index is 13.5. The molecule has 0 atom stereocenters. The summed E-state index contributed by atoms with van der Waals surface area (Å²) in [5, 5.41) is 7.89. The molecule has 1 heterocycles. The molecule has 3 rings (SSSR count). The van der Waals surface area contributed by atoms with Crippen LogP contribution in [0.15, 0.2) is 42.6 Å². The van der Waals surface area contributed by atoms with Gasteiger partial charge < -0.3 is 5.32 Å². The van der Waals surface area contributed by atoms with E-state index in [9.17, 15) is 26.7 Å². The van der Waals surface area contributed by atoms with Crippen LogP contribution in [0.2, 0.25) is 0 Å². The zero-order chi connectivity index (χ0) is 18.8. The quantitative estimate of drug-likeness (QED) is 0.519. The Bertz CT molecular complexity index is 948. The molecule has 0 saturated carbocycles. The van der Waals surface area contributed by atoms with Crippen molar-refractivity contribution in [2.24, 2.45) is 0 Å². The van der Waals surface area contributed by atoms with E-state index in [1.807, 2.05) is 0 Å². The first kappa shape index (κ1) is 17.6. The lowest BCUT2D eigenvalue weighted by Gasteiger charge is -2.12. The minimum atomic E-state index is -2.96. The summed E-state index contributed by atoms with van der Waals surface area (Å²) < 4.78 is 65.8. The van der Waals surface area contributed by atoms with Crippen LogP contribution in [0.5, 0.6) is 0 Å². The van der Waals surface area contributed by atoms with Gasteiger partial charge in [-0.15, -0.1) is 0 Å². The highest BCUT2D eigenvalue weighted by molar-refractivity contribution is 6.06. The number of anilines is 1. The summed E-state index contributed by atoms with van der Waals surface area (Å²) in [7, 11) is 0. The molecule has 0 unspecified atom stereocenters. The Hall–Kier alpha value is -3.23. The fourth-order valence-corrected chi connectivity index (χ4v) is 2.39. The molecular weight excluding hydrogens is 357 g/mol. The van der Waals surface area contributed by atoms with Crippen LogP contribution >= 0.6 is 0 Å². The van der Waals surface area contributed by atoms with Crippen molar-refractivity contribution in [2.45, 2.75) is 6.43 Å². The molecule has 4 nitrogen and oxygen atoms in total. The third-order valence-corrected chi connectivity index (χ3v) is 3.59. The standard InChI is InChI=1S/C17H10F5N3O/c18-11-5-8(6-12(19)14(11)20)9-3-1-2-4-13(9)24-17(26)10-7-23-25-15(10)16(21)22/h1-7,16H,(H,23,25)(H,24,26). The van der Waals surface area contributed by atoms with Gasteiger partial charge in [0.15, 0.2) is 17.5 Å². The van der Waals surface area contributed by atoms with Crippen molar-refractivity contribution in [1.29, 1.82) is 0 Å². The summed E-state index contributed by atoms with van der Waals surface area (Å²) in [4.78, 5) is 12.3. The molecule has 26 heavy (non-hydrogen) atoms. The largest absolute Gasteiger partial charge is 0.321 e. The van der Waals surface area contributed by atoms with E-state index in [1.54, 1.807) is 0 Å². The van der Waals surface area contributed by atoms with Gasteiger partial charge in [-0.25, -0.2) is 22.0 Å². The average molecular weight is 367 g/mol. The van der Waals surface area contributed by atoms with Crippen LogP contribution in [0.25, 0.3) is 11.1 Å². The first-order valence-electron chi connectivity index (χ1n) is 7.25. The third-order valence-electron chi connectivity index (χ3n) is 3.59. The van der Waals surface area contributed by atoms with E-state index in [2.05, 4.69) is 15.5 Å². The first-order chi connectivity index (χ1) is 12.4. The molecule has 1 aromatic heterocycles. The second-order valence-corrected chi connectivity index (χ2v) is 5.24. The molecule has 0 aliphatic heterocycles. The van der Waals surface area contributed by atoms with E-state index >= 15 is 0 Å². The normalized spacial score (nSPS) is 11.0. The molecule has 0 fully saturated rings. The first-order valence-corrected chi connectivity index (χ1v) is 7.25. The molecule has 1 amide bonds. The Kier molecular flexibility index (Phi) is 4.70. The summed E-state index contributed by atoms with van der Waals surface area (Å²) in [5.74, 6) is -5.29. The summed E-state index contributed by atoms with van der Waals surface area (Å²) in [6.45, 7) is 0. The number of aromatic amines is 1. The Labute approximate surface area is 143 Å². The summed E-state index contributed by atoms with van der Waals surface area (Å²) in [5.41, 5.74) is -0.839. The van der Waals surface area contributed by atoms with Crippen molar-refractivity contribution >= 4 is 11.6 Å². The van der Waals surface area contributed by atoms with E-state index in [4.69, 9.17) is 0 Å². The Morgan fingerprint density at radius 3 is 2.38 bits per heavy atom. The highest BCUT2D eigenvalue weighted by Crippen LogP contribution is 2.31. The lowest BCUT2D eigenvalue weighted by atomic mass is 10.0. The molecule has 2 N–H and O–H groups in total. The maximum absolute atomic E-state index is 13.5. The number of rotatable bonds is 4. The van der Waals surface area contributed by atoms with Gasteiger partial charge >= 0.3 is 0 Å². The van der Waals surface area contributed by atoms with E-state index in [0.717, 1.165) is 18.3 Å². The minimum Gasteiger partial charge on any atom is -0.321 e. The molecule has 3 aromatic rings. The second kappa shape index (κ2) is 6.95. The van der Waals surface area contributed by atoms with Crippen LogP contribution in [-0.2, 0) is 0 Å². The predicted molar refractivity (Wildman–Crippen MR) is 83.2 cm³/mol. The fraction of sp³-hybridized carbons (Fsp3) is 0.0588. The van der Waals surface area contributed by atoms with Crippen LogP contribution in [0.3, 0.4) is 0 Å². The topological polar surface area (TPSA) is 57.8 Å². The maximum Gasteiger partial charge on any atom is 0.282 e. The molecule has 0 bridgehead atoms. The minimum absolute atomic E-state index is 0.0291. The summed E-state index contributed by atoms with van der Waals surface area (Å²) in [6, 6.07) is 7.45. The van der Waals surface area contributed by atoms with Crippen LogP contribution in [-0.4, -0.2) is 16.1 Å². The number of carbonyl (C=O) groups is 1. The van der Waals surface area contributed by atoms with Crippen LogP contribution in [0, 0.1) is 17.5 Å². The fourth-order valence-electron chi connectivity index (χ4n) is 2.39. The van der Waals surface area contributed by atoms with Crippen LogP contribution in [0.4, 0.5) is 27.6 Å². The van der Waals surface area contributed by atoms with Crippen molar-refractivity contribution in [3.8, 4) is 11.1 Å². The van der Waals surface area contributed by atoms with Gasteiger partial charge in [0.25, 0.3) is 12.3 Å². The van der Waals surface area contributed by atoms with Gasteiger partial charge in [0.1, 0.15) is 5.69 Å². The van der Waals surface area contributed by atoms with Crippen molar-refractivity contribution in [1.82, 2.24) is 10.2 Å². The monoisotopic (exact) mass is 367 g/mol. The number of para-hydroxylation sites is 1. The number of hydrogen-bond donors (Lipinski definition) is 2. The summed E-state index contributed by atoms with van der Waals surface area (Å²) in [6.07, 6.45) is -1.95. The summed E-state index contributed by atoms with van der Waals surface area (Å²) >= 11 is 0. The van der Waals surface area contributed by atoms with Gasteiger partial charge in [0, 0.05) is 17.4 Å². The number of benzene rings is 2. The average Bonchev–Trinajstić information content (AvgIpc) is 3.10. The molecule has 2 aromatic carbocycles. The third kappa shape index (κ3) is 3.28. The number of carbonyl (C=O) groups excluding carboxylic acids is 1. The van der Waals surface area contributed by atoms with Crippen molar-refractivity contribution < 1.29 is 26.7 Å². The molecule has 0 aliphatic rings. The highest BCUT2D eigenvalue weighted by Gasteiger charge is 2.22. The van der Waals surface area contributed by atoms with Crippen molar-refractivity contribution in [2.75, 3.05) is 5.32 Å². The molecule has 134 valence electrons. The number of amides is 1. The van der Waals surface area contributed by atoms with Gasteiger partial charge in [0.05, 0.1) is 5.56 Å². The predicted octanol–water partition coefficient (Wildman–Crippen LogP) is 4.68. The number of hydrogen-bond acceptors (Lipinski definition) is 2. The van der Waals surface area contributed by atoms with Gasteiger partial charge in [-0.05, 0) is 23.8 Å². The van der Waals surface area contributed by atoms with E-state index < -0.39 is 35.5 Å².